The molecule has 0 aliphatic heterocycles. The Morgan fingerprint density at radius 3 is 2.73 bits per heavy atom. The Morgan fingerprint density at radius 1 is 1.36 bits per heavy atom. The van der Waals surface area contributed by atoms with E-state index in [0.29, 0.717) is 25.5 Å². The predicted octanol–water partition coefficient (Wildman–Crippen LogP) is 3.15. The smallest absolute Gasteiger partial charge is 0.319 e. The maximum Gasteiger partial charge on any atom is 0.319 e. The summed E-state index contributed by atoms with van der Waals surface area (Å²) in [6.45, 7) is 3.33. The SMILES string of the molecule is CCCCOc1ccc(NC(=O)NCCC(O)C2CC2)cc1. The van der Waals surface area contributed by atoms with Gasteiger partial charge in [0.25, 0.3) is 0 Å². The van der Waals surface area contributed by atoms with Crippen molar-refractivity contribution in [2.75, 3.05) is 18.5 Å². The summed E-state index contributed by atoms with van der Waals surface area (Å²) in [6.07, 6.45) is 4.70. The van der Waals surface area contributed by atoms with Gasteiger partial charge in [-0.1, -0.05) is 13.3 Å². The highest BCUT2D eigenvalue weighted by atomic mass is 16.5. The van der Waals surface area contributed by atoms with E-state index in [-0.39, 0.29) is 12.1 Å². The lowest BCUT2D eigenvalue weighted by atomic mass is 10.2. The molecule has 0 heterocycles. The van der Waals surface area contributed by atoms with E-state index in [2.05, 4.69) is 17.6 Å². The van der Waals surface area contributed by atoms with Crippen molar-refractivity contribution in [3.05, 3.63) is 24.3 Å². The Morgan fingerprint density at radius 2 is 2.09 bits per heavy atom. The van der Waals surface area contributed by atoms with Gasteiger partial charge in [-0.3, -0.25) is 0 Å². The van der Waals surface area contributed by atoms with Crippen LogP contribution in [0.5, 0.6) is 5.75 Å². The molecule has 1 aromatic rings. The lowest BCUT2D eigenvalue weighted by Crippen LogP contribution is -2.31. The third-order valence-electron chi connectivity index (χ3n) is 3.77. The van der Waals surface area contributed by atoms with E-state index < -0.39 is 0 Å². The largest absolute Gasteiger partial charge is 0.494 e. The Hall–Kier alpha value is -1.75. The van der Waals surface area contributed by atoms with Gasteiger partial charge >= 0.3 is 6.03 Å². The fourth-order valence-corrected chi connectivity index (χ4v) is 2.19. The molecule has 1 atom stereocenters. The third-order valence-corrected chi connectivity index (χ3v) is 3.77. The first kappa shape index (κ1) is 16.6. The Kier molecular flexibility index (Phi) is 6.52. The number of aliphatic hydroxyl groups is 1. The van der Waals surface area contributed by atoms with E-state index in [1.165, 1.54) is 0 Å². The molecule has 0 saturated heterocycles. The topological polar surface area (TPSA) is 70.6 Å². The van der Waals surface area contributed by atoms with Gasteiger partial charge in [-0.15, -0.1) is 0 Å². The van der Waals surface area contributed by atoms with Crippen LogP contribution in [0.25, 0.3) is 0 Å². The molecule has 1 unspecified atom stereocenters. The molecule has 0 bridgehead atoms. The lowest BCUT2D eigenvalue weighted by Gasteiger charge is -2.11. The third kappa shape index (κ3) is 5.93. The molecule has 1 aromatic carbocycles. The normalized spacial score (nSPS) is 15.2. The molecular formula is C17H26N2O3. The second-order valence-corrected chi connectivity index (χ2v) is 5.80. The monoisotopic (exact) mass is 306 g/mol. The number of anilines is 1. The summed E-state index contributed by atoms with van der Waals surface area (Å²) >= 11 is 0. The molecule has 0 radical (unpaired) electrons. The van der Waals surface area contributed by atoms with Gasteiger partial charge in [0, 0.05) is 12.2 Å². The number of rotatable bonds is 9. The summed E-state index contributed by atoms with van der Waals surface area (Å²) in [5.41, 5.74) is 0.725. The number of carbonyl (C=O) groups is 1. The summed E-state index contributed by atoms with van der Waals surface area (Å²) in [7, 11) is 0. The highest BCUT2D eigenvalue weighted by molar-refractivity contribution is 5.89. The number of hydrogen-bond acceptors (Lipinski definition) is 3. The van der Waals surface area contributed by atoms with E-state index in [0.717, 1.165) is 37.1 Å². The average Bonchev–Trinajstić information content (AvgIpc) is 3.34. The fourth-order valence-electron chi connectivity index (χ4n) is 2.19. The minimum atomic E-state index is -0.278. The molecular weight excluding hydrogens is 280 g/mol. The summed E-state index contributed by atoms with van der Waals surface area (Å²) in [5.74, 6) is 1.26. The van der Waals surface area contributed by atoms with Gasteiger partial charge in [0.1, 0.15) is 5.75 Å². The number of aliphatic hydroxyl groups excluding tert-OH is 1. The quantitative estimate of drug-likeness (QED) is 0.614. The Bertz CT molecular complexity index is 457. The minimum absolute atomic E-state index is 0.248. The average molecular weight is 306 g/mol. The van der Waals surface area contributed by atoms with Gasteiger partial charge in [0.05, 0.1) is 12.7 Å². The molecule has 2 rings (SSSR count). The van der Waals surface area contributed by atoms with Crippen molar-refractivity contribution in [1.82, 2.24) is 5.32 Å². The summed E-state index contributed by atoms with van der Waals surface area (Å²) in [6, 6.07) is 7.09. The van der Waals surface area contributed by atoms with Gasteiger partial charge in [-0.25, -0.2) is 4.79 Å². The van der Waals surface area contributed by atoms with Crippen molar-refractivity contribution in [3.63, 3.8) is 0 Å². The zero-order valence-electron chi connectivity index (χ0n) is 13.2. The molecule has 0 aromatic heterocycles. The van der Waals surface area contributed by atoms with Gasteiger partial charge in [0.15, 0.2) is 0 Å². The summed E-state index contributed by atoms with van der Waals surface area (Å²) in [5, 5.41) is 15.3. The highest BCUT2D eigenvalue weighted by Gasteiger charge is 2.29. The van der Waals surface area contributed by atoms with Crippen LogP contribution in [-0.4, -0.2) is 30.4 Å². The van der Waals surface area contributed by atoms with Crippen molar-refractivity contribution in [2.45, 2.75) is 45.1 Å². The van der Waals surface area contributed by atoms with Gasteiger partial charge in [-0.05, 0) is 55.9 Å². The maximum atomic E-state index is 11.7. The molecule has 122 valence electrons. The summed E-state index contributed by atoms with van der Waals surface area (Å²) in [4.78, 5) is 11.7. The van der Waals surface area contributed by atoms with Crippen LogP contribution in [0.4, 0.5) is 10.5 Å². The van der Waals surface area contributed by atoms with Crippen molar-refractivity contribution in [1.29, 1.82) is 0 Å². The minimum Gasteiger partial charge on any atom is -0.494 e. The molecule has 0 spiro atoms. The maximum absolute atomic E-state index is 11.7. The second-order valence-electron chi connectivity index (χ2n) is 5.80. The first-order valence-corrected chi connectivity index (χ1v) is 8.15. The zero-order chi connectivity index (χ0) is 15.8. The first-order valence-electron chi connectivity index (χ1n) is 8.15. The van der Waals surface area contributed by atoms with Crippen LogP contribution < -0.4 is 15.4 Å². The Balaban J connectivity index is 1.65. The van der Waals surface area contributed by atoms with Crippen LogP contribution in [0, 0.1) is 5.92 Å². The van der Waals surface area contributed by atoms with E-state index >= 15 is 0 Å². The number of benzene rings is 1. The van der Waals surface area contributed by atoms with Crippen LogP contribution in [0.3, 0.4) is 0 Å². The molecule has 1 fully saturated rings. The van der Waals surface area contributed by atoms with Crippen LogP contribution in [0.1, 0.15) is 39.0 Å². The van der Waals surface area contributed by atoms with Crippen LogP contribution in [0.15, 0.2) is 24.3 Å². The molecule has 3 N–H and O–H groups in total. The second kappa shape index (κ2) is 8.63. The van der Waals surface area contributed by atoms with Crippen LogP contribution >= 0.6 is 0 Å². The molecule has 22 heavy (non-hydrogen) atoms. The number of amides is 2. The van der Waals surface area contributed by atoms with Crippen molar-refractivity contribution < 1.29 is 14.6 Å². The van der Waals surface area contributed by atoms with Gasteiger partial charge < -0.3 is 20.5 Å². The predicted molar refractivity (Wildman–Crippen MR) is 87.2 cm³/mol. The number of ether oxygens (including phenoxy) is 1. The number of nitrogens with one attached hydrogen (secondary N) is 2. The lowest BCUT2D eigenvalue weighted by molar-refractivity contribution is 0.142. The molecule has 5 heteroatoms. The van der Waals surface area contributed by atoms with Crippen molar-refractivity contribution >= 4 is 11.7 Å². The van der Waals surface area contributed by atoms with Gasteiger partial charge in [-0.2, -0.15) is 0 Å². The van der Waals surface area contributed by atoms with E-state index in [9.17, 15) is 9.90 Å². The standard InChI is InChI=1S/C17H26N2O3/c1-2-3-12-22-15-8-6-14(7-9-15)19-17(21)18-11-10-16(20)13-4-5-13/h6-9,13,16,20H,2-5,10-12H2,1H3,(H2,18,19,21). The first-order chi connectivity index (χ1) is 10.7. The number of urea groups is 1. The van der Waals surface area contributed by atoms with E-state index in [1.54, 1.807) is 0 Å². The van der Waals surface area contributed by atoms with E-state index in [4.69, 9.17) is 4.74 Å². The molecule has 1 saturated carbocycles. The number of hydrogen-bond donors (Lipinski definition) is 3. The van der Waals surface area contributed by atoms with Gasteiger partial charge in [0.2, 0.25) is 0 Å². The van der Waals surface area contributed by atoms with Crippen molar-refractivity contribution in [2.24, 2.45) is 5.92 Å². The Labute approximate surface area is 132 Å². The fraction of sp³-hybridized carbons (Fsp3) is 0.588. The molecule has 5 nitrogen and oxygen atoms in total. The van der Waals surface area contributed by atoms with Crippen molar-refractivity contribution in [3.8, 4) is 5.75 Å². The zero-order valence-corrected chi connectivity index (χ0v) is 13.2. The molecule has 1 aliphatic carbocycles. The number of unbranched alkanes of at least 4 members (excludes halogenated alkanes) is 1. The highest BCUT2D eigenvalue weighted by Crippen LogP contribution is 2.33. The number of carbonyl (C=O) groups excluding carboxylic acids is 1. The van der Waals surface area contributed by atoms with Crippen LogP contribution in [-0.2, 0) is 0 Å². The van der Waals surface area contributed by atoms with E-state index in [1.807, 2.05) is 24.3 Å². The molecule has 2 amide bonds. The van der Waals surface area contributed by atoms with Crippen LogP contribution in [0.2, 0.25) is 0 Å². The molecule has 1 aliphatic rings. The summed E-state index contributed by atoms with van der Waals surface area (Å²) < 4.78 is 5.57.